The molecule has 1 aromatic carbocycles. The van der Waals surface area contributed by atoms with Crippen molar-refractivity contribution in [3.8, 4) is 17.3 Å². The van der Waals surface area contributed by atoms with Crippen molar-refractivity contribution in [2.45, 2.75) is 13.3 Å². The first-order chi connectivity index (χ1) is 9.10. The fraction of sp³-hybridized carbons (Fsp3) is 0.214. The van der Waals surface area contributed by atoms with Gasteiger partial charge in [0.2, 0.25) is 5.88 Å². The number of aliphatic carboxylic acids is 1. The first kappa shape index (κ1) is 13.0. The molecule has 1 aromatic heterocycles. The number of benzene rings is 1. The molecule has 0 aliphatic rings. The minimum atomic E-state index is -0.940. The number of rotatable bonds is 4. The van der Waals surface area contributed by atoms with E-state index < -0.39 is 5.97 Å². The van der Waals surface area contributed by atoms with Gasteiger partial charge in [-0.15, -0.1) is 0 Å². The molecular weight excluding hydrogens is 244 g/mol. The smallest absolute Gasteiger partial charge is 0.308 e. The molecule has 0 amide bonds. The molecule has 2 aromatic rings. The Bertz CT molecular complexity index is 594. The van der Waals surface area contributed by atoms with E-state index in [0.29, 0.717) is 17.3 Å². The van der Waals surface area contributed by atoms with E-state index in [1.807, 2.05) is 31.2 Å². The van der Waals surface area contributed by atoms with E-state index in [0.717, 1.165) is 11.1 Å². The molecule has 0 aliphatic carbocycles. The molecule has 0 spiro atoms. The molecule has 0 aliphatic heterocycles. The van der Waals surface area contributed by atoms with Crippen LogP contribution in [0.5, 0.6) is 5.88 Å². The van der Waals surface area contributed by atoms with E-state index >= 15 is 0 Å². The van der Waals surface area contributed by atoms with E-state index in [4.69, 9.17) is 9.84 Å². The number of carbonyl (C=O) groups is 1. The number of ether oxygens (including phenoxy) is 1. The van der Waals surface area contributed by atoms with Gasteiger partial charge in [0.05, 0.1) is 13.5 Å². The van der Waals surface area contributed by atoms with E-state index in [-0.39, 0.29) is 6.42 Å². The quantitative estimate of drug-likeness (QED) is 0.909. The van der Waals surface area contributed by atoms with Gasteiger partial charge in [0.25, 0.3) is 0 Å². The third-order valence-corrected chi connectivity index (χ3v) is 2.67. The van der Waals surface area contributed by atoms with Gasteiger partial charge in [-0.2, -0.15) is 4.98 Å². The van der Waals surface area contributed by atoms with Crippen LogP contribution in [0.2, 0.25) is 0 Å². The first-order valence-electron chi connectivity index (χ1n) is 5.79. The summed E-state index contributed by atoms with van der Waals surface area (Å²) in [4.78, 5) is 19.2. The highest BCUT2D eigenvalue weighted by molar-refractivity contribution is 5.71. The molecule has 0 radical (unpaired) electrons. The molecule has 5 heteroatoms. The molecule has 1 N–H and O–H groups in total. The lowest BCUT2D eigenvalue weighted by Gasteiger charge is -2.07. The lowest BCUT2D eigenvalue weighted by Crippen LogP contribution is -2.05. The zero-order valence-corrected chi connectivity index (χ0v) is 10.8. The average molecular weight is 258 g/mol. The Hall–Kier alpha value is -2.43. The van der Waals surface area contributed by atoms with Gasteiger partial charge < -0.3 is 9.84 Å². The Balaban J connectivity index is 2.38. The van der Waals surface area contributed by atoms with E-state index in [1.165, 1.54) is 13.3 Å². The van der Waals surface area contributed by atoms with E-state index in [9.17, 15) is 4.79 Å². The van der Waals surface area contributed by atoms with Crippen LogP contribution in [0.15, 0.2) is 30.5 Å². The van der Waals surface area contributed by atoms with Crippen molar-refractivity contribution in [3.05, 3.63) is 41.6 Å². The fourth-order valence-corrected chi connectivity index (χ4v) is 1.69. The highest BCUT2D eigenvalue weighted by Crippen LogP contribution is 2.21. The molecule has 0 saturated heterocycles. The fourth-order valence-electron chi connectivity index (χ4n) is 1.69. The predicted molar refractivity (Wildman–Crippen MR) is 70.1 cm³/mol. The van der Waals surface area contributed by atoms with Crippen molar-refractivity contribution >= 4 is 5.97 Å². The molecular formula is C14H14N2O3. The second kappa shape index (κ2) is 5.48. The Morgan fingerprint density at radius 2 is 2.00 bits per heavy atom. The normalized spacial score (nSPS) is 10.2. The van der Waals surface area contributed by atoms with Crippen LogP contribution in [0.25, 0.3) is 11.4 Å². The van der Waals surface area contributed by atoms with Crippen LogP contribution in [0, 0.1) is 6.92 Å². The van der Waals surface area contributed by atoms with Crippen molar-refractivity contribution in [3.63, 3.8) is 0 Å². The average Bonchev–Trinajstić information content (AvgIpc) is 2.39. The molecule has 0 fully saturated rings. The second-order valence-electron chi connectivity index (χ2n) is 4.16. The van der Waals surface area contributed by atoms with Gasteiger partial charge in [-0.3, -0.25) is 4.79 Å². The maximum atomic E-state index is 10.7. The largest absolute Gasteiger partial charge is 0.481 e. The minimum Gasteiger partial charge on any atom is -0.481 e. The maximum absolute atomic E-state index is 10.7. The SMILES string of the molecule is COc1nc(-c2ccc(C)cc2)ncc1CC(=O)O. The second-order valence-corrected chi connectivity index (χ2v) is 4.16. The van der Waals surface area contributed by atoms with Crippen molar-refractivity contribution in [2.24, 2.45) is 0 Å². The van der Waals surface area contributed by atoms with Crippen LogP contribution in [0.4, 0.5) is 0 Å². The number of aromatic nitrogens is 2. The highest BCUT2D eigenvalue weighted by Gasteiger charge is 2.12. The third kappa shape index (κ3) is 3.07. The Kier molecular flexibility index (Phi) is 3.75. The molecule has 19 heavy (non-hydrogen) atoms. The Labute approximate surface area is 110 Å². The van der Waals surface area contributed by atoms with Gasteiger partial charge in [-0.1, -0.05) is 29.8 Å². The number of carboxylic acid groups (broad SMARTS) is 1. The van der Waals surface area contributed by atoms with Gasteiger partial charge in [0.15, 0.2) is 5.82 Å². The molecule has 98 valence electrons. The summed E-state index contributed by atoms with van der Waals surface area (Å²) in [5, 5.41) is 8.79. The lowest BCUT2D eigenvalue weighted by molar-refractivity contribution is -0.136. The number of aryl methyl sites for hydroxylation is 1. The molecule has 0 unspecified atom stereocenters. The van der Waals surface area contributed by atoms with Crippen molar-refractivity contribution in [1.29, 1.82) is 0 Å². The highest BCUT2D eigenvalue weighted by atomic mass is 16.5. The number of carboxylic acids is 1. The number of nitrogens with zero attached hydrogens (tertiary/aromatic N) is 2. The minimum absolute atomic E-state index is 0.155. The van der Waals surface area contributed by atoms with Crippen LogP contribution >= 0.6 is 0 Å². The topological polar surface area (TPSA) is 72.3 Å². The summed E-state index contributed by atoms with van der Waals surface area (Å²) in [6.45, 7) is 2.00. The van der Waals surface area contributed by atoms with Crippen LogP contribution < -0.4 is 4.74 Å². The summed E-state index contributed by atoms with van der Waals surface area (Å²) in [7, 11) is 1.46. The third-order valence-electron chi connectivity index (χ3n) is 2.67. The lowest BCUT2D eigenvalue weighted by atomic mass is 10.1. The summed E-state index contributed by atoms with van der Waals surface area (Å²) in [6.07, 6.45) is 1.34. The summed E-state index contributed by atoms with van der Waals surface area (Å²) in [6, 6.07) is 7.77. The first-order valence-corrected chi connectivity index (χ1v) is 5.79. The van der Waals surface area contributed by atoms with Crippen molar-refractivity contribution < 1.29 is 14.6 Å². The van der Waals surface area contributed by atoms with Crippen molar-refractivity contribution in [1.82, 2.24) is 9.97 Å². The van der Waals surface area contributed by atoms with Gasteiger partial charge in [-0.05, 0) is 6.92 Å². The Morgan fingerprint density at radius 3 is 2.58 bits per heavy atom. The monoisotopic (exact) mass is 258 g/mol. The molecule has 0 bridgehead atoms. The number of methoxy groups -OCH3 is 1. The number of hydrogen-bond donors (Lipinski definition) is 1. The summed E-state index contributed by atoms with van der Waals surface area (Å²) in [5.74, 6) is -0.121. The van der Waals surface area contributed by atoms with Gasteiger partial charge in [-0.25, -0.2) is 4.98 Å². The zero-order valence-electron chi connectivity index (χ0n) is 10.8. The van der Waals surface area contributed by atoms with Crippen LogP contribution in [0.1, 0.15) is 11.1 Å². The predicted octanol–water partition coefficient (Wildman–Crippen LogP) is 2.09. The van der Waals surface area contributed by atoms with E-state index in [2.05, 4.69) is 9.97 Å². The van der Waals surface area contributed by atoms with Crippen molar-refractivity contribution in [2.75, 3.05) is 7.11 Å². The molecule has 5 nitrogen and oxygen atoms in total. The summed E-state index contributed by atoms with van der Waals surface area (Å²) >= 11 is 0. The van der Waals surface area contributed by atoms with Gasteiger partial charge in [0.1, 0.15) is 0 Å². The Morgan fingerprint density at radius 1 is 1.32 bits per heavy atom. The standard InChI is InChI=1S/C14H14N2O3/c1-9-3-5-10(6-4-9)13-15-8-11(7-12(17)18)14(16-13)19-2/h3-6,8H,7H2,1-2H3,(H,17,18). The summed E-state index contributed by atoms with van der Waals surface area (Å²) in [5.41, 5.74) is 2.48. The molecule has 0 saturated carbocycles. The van der Waals surface area contributed by atoms with Crippen LogP contribution in [-0.2, 0) is 11.2 Å². The van der Waals surface area contributed by atoms with Crippen LogP contribution in [0.3, 0.4) is 0 Å². The zero-order chi connectivity index (χ0) is 13.8. The van der Waals surface area contributed by atoms with Gasteiger partial charge in [0, 0.05) is 17.3 Å². The number of hydrogen-bond acceptors (Lipinski definition) is 4. The molecule has 1 heterocycles. The molecule has 0 atom stereocenters. The maximum Gasteiger partial charge on any atom is 0.308 e. The van der Waals surface area contributed by atoms with Gasteiger partial charge >= 0.3 is 5.97 Å². The van der Waals surface area contributed by atoms with E-state index in [1.54, 1.807) is 0 Å². The summed E-state index contributed by atoms with van der Waals surface area (Å²) < 4.78 is 5.12. The van der Waals surface area contributed by atoms with Crippen LogP contribution in [-0.4, -0.2) is 28.2 Å². The molecule has 2 rings (SSSR count).